The Morgan fingerprint density at radius 2 is 1.73 bits per heavy atom. The van der Waals surface area contributed by atoms with Crippen molar-refractivity contribution in [3.05, 3.63) is 59.7 Å². The number of esters is 1. The van der Waals surface area contributed by atoms with Crippen LogP contribution in [0.15, 0.2) is 48.5 Å². The van der Waals surface area contributed by atoms with Crippen LogP contribution in [0.4, 0.5) is 0 Å². The predicted molar refractivity (Wildman–Crippen MR) is 113 cm³/mol. The predicted octanol–water partition coefficient (Wildman–Crippen LogP) is 4.03. The van der Waals surface area contributed by atoms with Crippen molar-refractivity contribution in [1.82, 2.24) is 0 Å². The molecule has 6 nitrogen and oxygen atoms in total. The van der Waals surface area contributed by atoms with Crippen LogP contribution in [0.5, 0.6) is 17.2 Å². The van der Waals surface area contributed by atoms with Gasteiger partial charge in [-0.1, -0.05) is 12.1 Å². The molecular formula is C24H26O6. The number of allylic oxidation sites excluding steroid dienone is 2. The molecule has 1 aliphatic rings. The number of carbonyl (C=O) groups excluding carboxylic acids is 2. The molecule has 2 aromatic rings. The average molecular weight is 410 g/mol. The molecule has 0 aliphatic heterocycles. The molecular weight excluding hydrogens is 384 g/mol. The summed E-state index contributed by atoms with van der Waals surface area (Å²) in [6.07, 6.45) is 1.99. The number of benzene rings is 2. The van der Waals surface area contributed by atoms with E-state index in [9.17, 15) is 9.59 Å². The van der Waals surface area contributed by atoms with Crippen LogP contribution in [0.3, 0.4) is 0 Å². The van der Waals surface area contributed by atoms with Gasteiger partial charge in [-0.05, 0) is 60.9 Å². The Morgan fingerprint density at radius 1 is 1.00 bits per heavy atom. The highest BCUT2D eigenvalue weighted by Gasteiger charge is 2.40. The van der Waals surface area contributed by atoms with Gasteiger partial charge in [-0.2, -0.15) is 0 Å². The highest BCUT2D eigenvalue weighted by atomic mass is 16.5. The third-order valence-electron chi connectivity index (χ3n) is 5.28. The molecule has 1 aliphatic carbocycles. The largest absolute Gasteiger partial charge is 0.497 e. The van der Waals surface area contributed by atoms with Gasteiger partial charge in [0.2, 0.25) is 0 Å². The molecule has 2 aromatic carbocycles. The van der Waals surface area contributed by atoms with Gasteiger partial charge in [0.15, 0.2) is 5.78 Å². The third-order valence-corrected chi connectivity index (χ3v) is 5.28. The van der Waals surface area contributed by atoms with Gasteiger partial charge in [-0.15, -0.1) is 0 Å². The van der Waals surface area contributed by atoms with Gasteiger partial charge >= 0.3 is 5.97 Å². The number of rotatable bonds is 7. The number of ether oxygens (including phenoxy) is 4. The van der Waals surface area contributed by atoms with Gasteiger partial charge in [0.1, 0.15) is 23.2 Å². The van der Waals surface area contributed by atoms with Crippen molar-refractivity contribution in [3.8, 4) is 17.2 Å². The molecule has 0 amide bonds. The van der Waals surface area contributed by atoms with E-state index in [-0.39, 0.29) is 18.3 Å². The lowest BCUT2D eigenvalue weighted by Gasteiger charge is -2.30. The fourth-order valence-corrected chi connectivity index (χ4v) is 3.82. The highest BCUT2D eigenvalue weighted by Crippen LogP contribution is 2.43. The minimum atomic E-state index is -0.905. The normalized spacial score (nSPS) is 18.4. The van der Waals surface area contributed by atoms with E-state index in [0.29, 0.717) is 23.7 Å². The molecule has 2 atom stereocenters. The molecule has 30 heavy (non-hydrogen) atoms. The maximum Gasteiger partial charge on any atom is 0.317 e. The lowest BCUT2D eigenvalue weighted by atomic mass is 9.73. The van der Waals surface area contributed by atoms with E-state index in [2.05, 4.69) is 0 Å². The van der Waals surface area contributed by atoms with Crippen molar-refractivity contribution in [2.24, 2.45) is 5.92 Å². The van der Waals surface area contributed by atoms with Crippen LogP contribution in [0.2, 0.25) is 0 Å². The van der Waals surface area contributed by atoms with E-state index in [1.165, 1.54) is 6.08 Å². The Labute approximate surface area is 176 Å². The summed E-state index contributed by atoms with van der Waals surface area (Å²) >= 11 is 0. The molecule has 0 unspecified atom stereocenters. The summed E-state index contributed by atoms with van der Waals surface area (Å²) in [4.78, 5) is 25.8. The second-order valence-corrected chi connectivity index (χ2v) is 6.96. The van der Waals surface area contributed by atoms with Gasteiger partial charge in [-0.25, -0.2) is 0 Å². The number of hydrogen-bond donors (Lipinski definition) is 0. The van der Waals surface area contributed by atoms with Crippen LogP contribution >= 0.6 is 0 Å². The maximum atomic E-state index is 13.1. The molecule has 158 valence electrons. The van der Waals surface area contributed by atoms with Gasteiger partial charge in [0.25, 0.3) is 0 Å². The van der Waals surface area contributed by atoms with Crippen molar-refractivity contribution in [3.63, 3.8) is 0 Å². The van der Waals surface area contributed by atoms with E-state index in [0.717, 1.165) is 16.7 Å². The first-order valence-electron chi connectivity index (χ1n) is 9.79. The second-order valence-electron chi connectivity index (χ2n) is 6.96. The SMILES string of the molecule is CCOC(=O)[C@H]1C(=O)C=C(c2cc(OC)ccc2OC)C[C@H]1c1cccc(OC)c1. The zero-order valence-corrected chi connectivity index (χ0v) is 17.6. The van der Waals surface area contributed by atoms with E-state index >= 15 is 0 Å². The summed E-state index contributed by atoms with van der Waals surface area (Å²) in [5.74, 6) is -0.133. The summed E-state index contributed by atoms with van der Waals surface area (Å²) in [6, 6.07) is 12.9. The van der Waals surface area contributed by atoms with Gasteiger partial charge in [0.05, 0.1) is 27.9 Å². The van der Waals surface area contributed by atoms with Crippen LogP contribution in [0.1, 0.15) is 30.4 Å². The van der Waals surface area contributed by atoms with Crippen LogP contribution in [0.25, 0.3) is 5.57 Å². The lowest BCUT2D eigenvalue weighted by Crippen LogP contribution is -2.34. The molecule has 0 aromatic heterocycles. The van der Waals surface area contributed by atoms with Gasteiger partial charge in [0, 0.05) is 11.5 Å². The summed E-state index contributed by atoms with van der Waals surface area (Å²) in [6.45, 7) is 1.95. The Bertz CT molecular complexity index is 962. The van der Waals surface area contributed by atoms with Crippen LogP contribution in [0, 0.1) is 5.92 Å². The molecule has 3 rings (SSSR count). The third kappa shape index (κ3) is 4.32. The molecule has 0 saturated carbocycles. The Kier molecular flexibility index (Phi) is 6.77. The van der Waals surface area contributed by atoms with Crippen molar-refractivity contribution in [1.29, 1.82) is 0 Å². The zero-order chi connectivity index (χ0) is 21.7. The minimum Gasteiger partial charge on any atom is -0.497 e. The Hall–Kier alpha value is -3.28. The summed E-state index contributed by atoms with van der Waals surface area (Å²) in [7, 11) is 4.75. The van der Waals surface area contributed by atoms with Crippen LogP contribution in [-0.4, -0.2) is 39.7 Å². The Balaban J connectivity index is 2.09. The van der Waals surface area contributed by atoms with E-state index < -0.39 is 11.9 Å². The highest BCUT2D eigenvalue weighted by molar-refractivity contribution is 6.11. The molecule has 0 N–H and O–H groups in total. The van der Waals surface area contributed by atoms with Crippen molar-refractivity contribution in [2.45, 2.75) is 19.3 Å². The quantitative estimate of drug-likeness (QED) is 0.507. The lowest BCUT2D eigenvalue weighted by molar-refractivity contribution is -0.151. The molecule has 0 bridgehead atoms. The van der Waals surface area contributed by atoms with Crippen molar-refractivity contribution in [2.75, 3.05) is 27.9 Å². The van der Waals surface area contributed by atoms with Crippen LogP contribution < -0.4 is 14.2 Å². The minimum absolute atomic E-state index is 0.216. The monoisotopic (exact) mass is 410 g/mol. The second kappa shape index (κ2) is 9.48. The van der Waals surface area contributed by atoms with Crippen molar-refractivity contribution >= 4 is 17.3 Å². The zero-order valence-electron chi connectivity index (χ0n) is 17.6. The topological polar surface area (TPSA) is 71.1 Å². The molecule has 0 fully saturated rings. The number of carbonyl (C=O) groups is 2. The summed E-state index contributed by atoms with van der Waals surface area (Å²) in [5.41, 5.74) is 2.39. The average Bonchev–Trinajstić information content (AvgIpc) is 2.78. The number of hydrogen-bond acceptors (Lipinski definition) is 6. The first kappa shape index (κ1) is 21.4. The number of ketones is 1. The molecule has 0 heterocycles. The van der Waals surface area contributed by atoms with Crippen LogP contribution in [-0.2, 0) is 14.3 Å². The molecule has 0 saturated heterocycles. The smallest absolute Gasteiger partial charge is 0.317 e. The summed E-state index contributed by atoms with van der Waals surface area (Å²) < 4.78 is 21.4. The molecule has 6 heteroatoms. The van der Waals surface area contributed by atoms with Gasteiger partial charge in [-0.3, -0.25) is 9.59 Å². The first-order valence-corrected chi connectivity index (χ1v) is 9.79. The molecule has 0 spiro atoms. The van der Waals surface area contributed by atoms with E-state index in [4.69, 9.17) is 18.9 Å². The van der Waals surface area contributed by atoms with Crippen molar-refractivity contribution < 1.29 is 28.5 Å². The Morgan fingerprint density at radius 3 is 2.40 bits per heavy atom. The fraction of sp³-hybridized carbons (Fsp3) is 0.333. The maximum absolute atomic E-state index is 13.1. The first-order chi connectivity index (χ1) is 14.5. The molecule has 0 radical (unpaired) electrons. The summed E-state index contributed by atoms with van der Waals surface area (Å²) in [5, 5.41) is 0. The van der Waals surface area contributed by atoms with E-state index in [1.807, 2.05) is 30.3 Å². The van der Waals surface area contributed by atoms with E-state index in [1.54, 1.807) is 40.4 Å². The number of methoxy groups -OCH3 is 3. The fourth-order valence-electron chi connectivity index (χ4n) is 3.82. The van der Waals surface area contributed by atoms with Gasteiger partial charge < -0.3 is 18.9 Å². The standard InChI is InChI=1S/C24H26O6/c1-5-30-24(26)23-20(15-7-6-8-17(11-15)27-2)12-16(13-21(23)25)19-14-18(28-3)9-10-22(19)29-4/h6-11,13-14,20,23H,5,12H2,1-4H3/t20-,23+/m0/s1.